The number of halogens is 2. The zero-order chi connectivity index (χ0) is 12.5. The minimum atomic E-state index is -1.29. The predicted octanol–water partition coefficient (Wildman–Crippen LogP) is 3.85. The van der Waals surface area contributed by atoms with Crippen LogP contribution in [0.1, 0.15) is 22.9 Å². The molecular weight excluding hydrogens is 232 g/mol. The third-order valence-electron chi connectivity index (χ3n) is 3.29. The average Bonchev–Trinajstić information content (AvgIpc) is 2.86. The van der Waals surface area contributed by atoms with Gasteiger partial charge in [0.25, 0.3) is 0 Å². The standard InChI is InChI=1S/C15H13F2N/c16-12-5-1-4-11(9-12)14(17)13-6-2-3-10-7-8-18-15(10)13/h1-6,9,14,18H,7-8H2. The summed E-state index contributed by atoms with van der Waals surface area (Å²) in [6, 6.07) is 11.3. The van der Waals surface area contributed by atoms with Crippen molar-refractivity contribution in [3.05, 3.63) is 65.0 Å². The van der Waals surface area contributed by atoms with Crippen molar-refractivity contribution >= 4 is 5.69 Å². The first-order valence-corrected chi connectivity index (χ1v) is 6.01. The Morgan fingerprint density at radius 2 is 1.94 bits per heavy atom. The molecule has 0 fully saturated rings. The van der Waals surface area contributed by atoms with E-state index >= 15 is 0 Å². The Kier molecular flexibility index (Phi) is 2.74. The topological polar surface area (TPSA) is 12.0 Å². The van der Waals surface area contributed by atoms with Crippen molar-refractivity contribution in [2.75, 3.05) is 11.9 Å². The first-order valence-electron chi connectivity index (χ1n) is 6.01. The highest BCUT2D eigenvalue weighted by molar-refractivity contribution is 5.63. The Balaban J connectivity index is 2.03. The number of nitrogens with one attached hydrogen (secondary N) is 1. The summed E-state index contributed by atoms with van der Waals surface area (Å²) in [6.45, 7) is 0.836. The number of alkyl halides is 1. The van der Waals surface area contributed by atoms with E-state index in [1.807, 2.05) is 12.1 Å². The normalized spacial score (nSPS) is 15.0. The first-order chi connectivity index (χ1) is 8.75. The molecule has 1 N–H and O–H groups in total. The van der Waals surface area contributed by atoms with Gasteiger partial charge < -0.3 is 5.32 Å². The molecule has 1 unspecified atom stereocenters. The third kappa shape index (κ3) is 1.86. The van der Waals surface area contributed by atoms with Crippen molar-refractivity contribution in [3.8, 4) is 0 Å². The Labute approximate surface area is 104 Å². The second kappa shape index (κ2) is 4.41. The molecular formula is C15H13F2N. The number of fused-ring (bicyclic) bond motifs is 1. The second-order valence-corrected chi connectivity index (χ2v) is 4.48. The molecule has 0 aliphatic carbocycles. The van der Waals surface area contributed by atoms with Gasteiger partial charge in [-0.05, 0) is 29.7 Å². The number of benzene rings is 2. The summed E-state index contributed by atoms with van der Waals surface area (Å²) in [5.41, 5.74) is 2.95. The lowest BCUT2D eigenvalue weighted by molar-refractivity contribution is 0.401. The van der Waals surface area contributed by atoms with Gasteiger partial charge >= 0.3 is 0 Å². The first kappa shape index (κ1) is 11.2. The van der Waals surface area contributed by atoms with Crippen LogP contribution in [0, 0.1) is 5.82 Å². The highest BCUT2D eigenvalue weighted by atomic mass is 19.1. The molecule has 3 heteroatoms. The van der Waals surface area contributed by atoms with Crippen molar-refractivity contribution < 1.29 is 8.78 Å². The fraction of sp³-hybridized carbons (Fsp3) is 0.200. The minimum absolute atomic E-state index is 0.358. The smallest absolute Gasteiger partial charge is 0.152 e. The van der Waals surface area contributed by atoms with E-state index in [2.05, 4.69) is 5.32 Å². The van der Waals surface area contributed by atoms with Crippen molar-refractivity contribution in [2.24, 2.45) is 0 Å². The van der Waals surface area contributed by atoms with Crippen molar-refractivity contribution in [2.45, 2.75) is 12.6 Å². The summed E-state index contributed by atoms with van der Waals surface area (Å²) < 4.78 is 27.6. The molecule has 0 radical (unpaired) electrons. The lowest BCUT2D eigenvalue weighted by atomic mass is 9.99. The van der Waals surface area contributed by atoms with E-state index in [-0.39, 0.29) is 0 Å². The van der Waals surface area contributed by atoms with Gasteiger partial charge in [0.15, 0.2) is 6.17 Å². The lowest BCUT2D eigenvalue weighted by Crippen LogP contribution is -2.00. The third-order valence-corrected chi connectivity index (χ3v) is 3.29. The molecule has 1 atom stereocenters. The van der Waals surface area contributed by atoms with Crippen LogP contribution in [0.25, 0.3) is 0 Å². The van der Waals surface area contributed by atoms with Gasteiger partial charge in [0, 0.05) is 17.8 Å². The molecule has 3 rings (SSSR count). The van der Waals surface area contributed by atoms with E-state index in [1.54, 1.807) is 12.1 Å². The number of hydrogen-bond donors (Lipinski definition) is 1. The van der Waals surface area contributed by atoms with E-state index in [4.69, 9.17) is 0 Å². The van der Waals surface area contributed by atoms with Crippen LogP contribution >= 0.6 is 0 Å². The van der Waals surface area contributed by atoms with Gasteiger partial charge in [-0.2, -0.15) is 0 Å². The summed E-state index contributed by atoms with van der Waals surface area (Å²) in [7, 11) is 0. The maximum Gasteiger partial charge on any atom is 0.152 e. The second-order valence-electron chi connectivity index (χ2n) is 4.48. The van der Waals surface area contributed by atoms with Crippen LogP contribution in [0.3, 0.4) is 0 Å². The molecule has 0 spiro atoms. The van der Waals surface area contributed by atoms with Gasteiger partial charge in [-0.3, -0.25) is 0 Å². The molecule has 1 aliphatic heterocycles. The molecule has 1 heterocycles. The fourth-order valence-electron chi connectivity index (χ4n) is 2.42. The van der Waals surface area contributed by atoms with Crippen LogP contribution in [0.15, 0.2) is 42.5 Å². The number of para-hydroxylation sites is 1. The van der Waals surface area contributed by atoms with E-state index in [0.29, 0.717) is 11.1 Å². The Bertz CT molecular complexity index is 580. The largest absolute Gasteiger partial charge is 0.384 e. The zero-order valence-corrected chi connectivity index (χ0v) is 9.79. The summed E-state index contributed by atoms with van der Waals surface area (Å²) in [6.07, 6.45) is -0.375. The van der Waals surface area contributed by atoms with Crippen molar-refractivity contribution in [1.29, 1.82) is 0 Å². The van der Waals surface area contributed by atoms with Crippen LogP contribution in [-0.4, -0.2) is 6.54 Å². The quantitative estimate of drug-likeness (QED) is 0.847. The van der Waals surface area contributed by atoms with Gasteiger partial charge in [-0.25, -0.2) is 8.78 Å². The Morgan fingerprint density at radius 3 is 2.78 bits per heavy atom. The molecule has 0 amide bonds. The van der Waals surface area contributed by atoms with Crippen molar-refractivity contribution in [1.82, 2.24) is 0 Å². The molecule has 92 valence electrons. The lowest BCUT2D eigenvalue weighted by Gasteiger charge is -2.13. The maximum atomic E-state index is 14.5. The molecule has 2 aromatic rings. The van der Waals surface area contributed by atoms with E-state index in [1.165, 1.54) is 18.2 Å². The molecule has 0 aromatic heterocycles. The van der Waals surface area contributed by atoms with Crippen LogP contribution in [-0.2, 0) is 6.42 Å². The molecule has 1 nitrogen and oxygen atoms in total. The highest BCUT2D eigenvalue weighted by Gasteiger charge is 2.21. The van der Waals surface area contributed by atoms with Gasteiger partial charge in [0.05, 0.1) is 0 Å². The van der Waals surface area contributed by atoms with Gasteiger partial charge in [-0.1, -0.05) is 30.3 Å². The fourth-order valence-corrected chi connectivity index (χ4v) is 2.42. The molecule has 18 heavy (non-hydrogen) atoms. The molecule has 1 aliphatic rings. The predicted molar refractivity (Wildman–Crippen MR) is 68.0 cm³/mol. The number of hydrogen-bond acceptors (Lipinski definition) is 1. The zero-order valence-electron chi connectivity index (χ0n) is 9.79. The van der Waals surface area contributed by atoms with Crippen LogP contribution in [0.2, 0.25) is 0 Å². The Hall–Kier alpha value is -1.90. The molecule has 2 aromatic carbocycles. The average molecular weight is 245 g/mol. The monoisotopic (exact) mass is 245 g/mol. The van der Waals surface area contributed by atoms with Gasteiger partial charge in [0.1, 0.15) is 5.82 Å². The maximum absolute atomic E-state index is 14.5. The van der Waals surface area contributed by atoms with E-state index in [9.17, 15) is 8.78 Å². The Morgan fingerprint density at radius 1 is 1.11 bits per heavy atom. The summed E-state index contributed by atoms with van der Waals surface area (Å²) in [5.74, 6) is -0.407. The highest BCUT2D eigenvalue weighted by Crippen LogP contribution is 2.36. The number of anilines is 1. The van der Waals surface area contributed by atoms with Crippen molar-refractivity contribution in [3.63, 3.8) is 0 Å². The molecule has 0 bridgehead atoms. The van der Waals surface area contributed by atoms with Gasteiger partial charge in [0.2, 0.25) is 0 Å². The minimum Gasteiger partial charge on any atom is -0.384 e. The van der Waals surface area contributed by atoms with Crippen LogP contribution in [0.5, 0.6) is 0 Å². The SMILES string of the molecule is Fc1cccc(C(F)c2cccc3c2NCC3)c1. The molecule has 0 saturated heterocycles. The van der Waals surface area contributed by atoms with Crippen LogP contribution in [0.4, 0.5) is 14.5 Å². The summed E-state index contributed by atoms with van der Waals surface area (Å²) in [5, 5.41) is 3.20. The number of rotatable bonds is 2. The van der Waals surface area contributed by atoms with Crippen LogP contribution < -0.4 is 5.32 Å². The summed E-state index contributed by atoms with van der Waals surface area (Å²) in [4.78, 5) is 0. The summed E-state index contributed by atoms with van der Waals surface area (Å²) >= 11 is 0. The van der Waals surface area contributed by atoms with E-state index < -0.39 is 12.0 Å². The van der Waals surface area contributed by atoms with E-state index in [0.717, 1.165) is 24.2 Å². The molecule has 0 saturated carbocycles. The van der Waals surface area contributed by atoms with Gasteiger partial charge in [-0.15, -0.1) is 0 Å².